The summed E-state index contributed by atoms with van der Waals surface area (Å²) in [5, 5.41) is 22.6. The fraction of sp³-hybridized carbons (Fsp3) is 0.357. The predicted octanol–water partition coefficient (Wildman–Crippen LogP) is -0.112. The van der Waals surface area contributed by atoms with Crippen molar-refractivity contribution in [1.82, 2.24) is 10.6 Å². The maximum absolute atomic E-state index is 11.9. The van der Waals surface area contributed by atoms with Crippen molar-refractivity contribution in [3.8, 4) is 0 Å². The van der Waals surface area contributed by atoms with Gasteiger partial charge >= 0.3 is 5.97 Å². The highest BCUT2D eigenvalue weighted by atomic mass is 16.4. The molecular weight excluding hydrogens is 276 g/mol. The zero-order valence-corrected chi connectivity index (χ0v) is 11.6. The van der Waals surface area contributed by atoms with E-state index in [0.717, 1.165) is 5.56 Å². The van der Waals surface area contributed by atoms with E-state index in [4.69, 9.17) is 10.2 Å². The minimum Gasteiger partial charge on any atom is -0.480 e. The number of aliphatic hydroxyl groups is 1. The Morgan fingerprint density at radius 1 is 1.19 bits per heavy atom. The molecule has 0 heterocycles. The van der Waals surface area contributed by atoms with Crippen LogP contribution in [0.3, 0.4) is 0 Å². The molecule has 7 heteroatoms. The van der Waals surface area contributed by atoms with Crippen LogP contribution in [0.4, 0.5) is 0 Å². The van der Waals surface area contributed by atoms with E-state index in [2.05, 4.69) is 10.6 Å². The molecule has 1 atom stereocenters. The Bertz CT molecular complexity index is 513. The maximum Gasteiger partial charge on any atom is 0.326 e. The molecule has 0 saturated heterocycles. The van der Waals surface area contributed by atoms with Crippen LogP contribution in [0.15, 0.2) is 24.3 Å². The van der Waals surface area contributed by atoms with Crippen LogP contribution in [0.25, 0.3) is 0 Å². The molecule has 0 bridgehead atoms. The topological polar surface area (TPSA) is 116 Å². The van der Waals surface area contributed by atoms with Crippen LogP contribution in [-0.2, 0) is 16.1 Å². The molecule has 4 N–H and O–H groups in total. The van der Waals surface area contributed by atoms with Gasteiger partial charge in [-0.25, -0.2) is 4.79 Å². The Morgan fingerprint density at radius 3 is 2.29 bits per heavy atom. The Morgan fingerprint density at radius 2 is 1.81 bits per heavy atom. The first-order valence-electron chi connectivity index (χ1n) is 6.42. The molecule has 0 spiro atoms. The summed E-state index contributed by atoms with van der Waals surface area (Å²) in [4.78, 5) is 33.6. The summed E-state index contributed by atoms with van der Waals surface area (Å²) in [6, 6.07) is 5.31. The molecule has 0 aromatic heterocycles. The molecule has 0 aliphatic heterocycles. The van der Waals surface area contributed by atoms with Crippen molar-refractivity contribution < 1.29 is 24.6 Å². The number of hydrogen-bond acceptors (Lipinski definition) is 4. The van der Waals surface area contributed by atoms with Crippen LogP contribution >= 0.6 is 0 Å². The van der Waals surface area contributed by atoms with Crippen LogP contribution in [0, 0.1) is 0 Å². The average Bonchev–Trinajstić information content (AvgIpc) is 2.45. The molecular formula is C14H18N2O5. The fourth-order valence-corrected chi connectivity index (χ4v) is 1.63. The van der Waals surface area contributed by atoms with E-state index in [1.54, 1.807) is 24.3 Å². The van der Waals surface area contributed by atoms with E-state index >= 15 is 0 Å². The van der Waals surface area contributed by atoms with E-state index < -0.39 is 17.9 Å². The van der Waals surface area contributed by atoms with Crippen LogP contribution in [0.5, 0.6) is 0 Å². The average molecular weight is 294 g/mol. The van der Waals surface area contributed by atoms with Gasteiger partial charge in [-0.15, -0.1) is 0 Å². The number of carbonyl (C=O) groups is 3. The van der Waals surface area contributed by atoms with Gasteiger partial charge in [0.25, 0.3) is 5.91 Å². The van der Waals surface area contributed by atoms with Crippen molar-refractivity contribution in [3.63, 3.8) is 0 Å². The second kappa shape index (κ2) is 8.01. The lowest BCUT2D eigenvalue weighted by Gasteiger charge is -2.13. The molecule has 0 saturated carbocycles. The highest BCUT2D eigenvalue weighted by molar-refractivity contribution is 5.96. The van der Waals surface area contributed by atoms with Crippen molar-refractivity contribution in [2.24, 2.45) is 0 Å². The standard InChI is InChI=1S/C14H18N2O5/c1-9(18)15-8-10-2-4-11(5-3-10)13(19)16-12(6-7-17)14(20)21/h2-5,12,17H,6-8H2,1H3,(H,15,18)(H,16,19)(H,20,21). The number of rotatable bonds is 7. The Kier molecular flexibility index (Phi) is 6.35. The van der Waals surface area contributed by atoms with Crippen molar-refractivity contribution in [2.75, 3.05) is 6.61 Å². The summed E-state index contributed by atoms with van der Waals surface area (Å²) < 4.78 is 0. The molecule has 114 valence electrons. The first-order chi connectivity index (χ1) is 9.93. The number of aliphatic hydroxyl groups excluding tert-OH is 1. The number of nitrogens with one attached hydrogen (secondary N) is 2. The van der Waals surface area contributed by atoms with Gasteiger partial charge in [-0.05, 0) is 17.7 Å². The summed E-state index contributed by atoms with van der Waals surface area (Å²) in [6.45, 7) is 1.45. The van der Waals surface area contributed by atoms with Gasteiger partial charge in [-0.2, -0.15) is 0 Å². The second-order valence-corrected chi connectivity index (χ2v) is 4.48. The molecule has 0 aliphatic rings. The molecule has 7 nitrogen and oxygen atoms in total. The summed E-state index contributed by atoms with van der Waals surface area (Å²) in [7, 11) is 0. The SMILES string of the molecule is CC(=O)NCc1ccc(C(=O)NC(CCO)C(=O)O)cc1. The zero-order chi connectivity index (χ0) is 15.8. The summed E-state index contributed by atoms with van der Waals surface area (Å²) in [5.41, 5.74) is 1.14. The molecule has 21 heavy (non-hydrogen) atoms. The van der Waals surface area contributed by atoms with Crippen molar-refractivity contribution in [1.29, 1.82) is 0 Å². The van der Waals surface area contributed by atoms with E-state index in [1.807, 2.05) is 0 Å². The minimum atomic E-state index is -1.19. The van der Waals surface area contributed by atoms with Crippen LogP contribution in [0.2, 0.25) is 0 Å². The number of carboxylic acids is 1. The number of carboxylic acid groups (broad SMARTS) is 1. The Hall–Kier alpha value is -2.41. The monoisotopic (exact) mass is 294 g/mol. The molecule has 0 aliphatic carbocycles. The zero-order valence-electron chi connectivity index (χ0n) is 11.6. The van der Waals surface area contributed by atoms with E-state index in [0.29, 0.717) is 12.1 Å². The molecule has 1 unspecified atom stereocenters. The highest BCUT2D eigenvalue weighted by Crippen LogP contribution is 2.05. The number of aliphatic carboxylic acids is 1. The van der Waals surface area contributed by atoms with Crippen LogP contribution < -0.4 is 10.6 Å². The van der Waals surface area contributed by atoms with Crippen LogP contribution in [-0.4, -0.2) is 40.6 Å². The lowest BCUT2D eigenvalue weighted by Crippen LogP contribution is -2.41. The molecule has 0 fully saturated rings. The van der Waals surface area contributed by atoms with E-state index in [-0.39, 0.29) is 18.9 Å². The summed E-state index contributed by atoms with van der Waals surface area (Å²) >= 11 is 0. The molecule has 2 amide bonds. The quantitative estimate of drug-likeness (QED) is 0.560. The summed E-state index contributed by atoms with van der Waals surface area (Å²) in [6.07, 6.45) is -0.0539. The molecule has 1 rings (SSSR count). The van der Waals surface area contributed by atoms with E-state index in [1.165, 1.54) is 6.92 Å². The Balaban J connectivity index is 2.65. The largest absolute Gasteiger partial charge is 0.480 e. The third-order valence-corrected chi connectivity index (χ3v) is 2.78. The number of benzene rings is 1. The normalized spacial score (nSPS) is 11.5. The number of amides is 2. The second-order valence-electron chi connectivity index (χ2n) is 4.48. The predicted molar refractivity (Wildman–Crippen MR) is 74.6 cm³/mol. The van der Waals surface area contributed by atoms with Gasteiger partial charge in [0, 0.05) is 32.1 Å². The number of hydrogen-bond donors (Lipinski definition) is 4. The van der Waals surface area contributed by atoms with Gasteiger partial charge in [0.05, 0.1) is 0 Å². The number of carbonyl (C=O) groups excluding carboxylic acids is 2. The third kappa shape index (κ3) is 5.62. The first kappa shape index (κ1) is 16.6. The summed E-state index contributed by atoms with van der Waals surface area (Å²) in [5.74, 6) is -1.87. The molecule has 1 aromatic carbocycles. The van der Waals surface area contributed by atoms with Gasteiger partial charge in [-0.1, -0.05) is 12.1 Å². The third-order valence-electron chi connectivity index (χ3n) is 2.78. The molecule has 0 radical (unpaired) electrons. The first-order valence-corrected chi connectivity index (χ1v) is 6.42. The molecule has 1 aromatic rings. The van der Waals surface area contributed by atoms with Gasteiger partial charge in [0.2, 0.25) is 5.91 Å². The van der Waals surface area contributed by atoms with Crippen molar-refractivity contribution >= 4 is 17.8 Å². The lowest BCUT2D eigenvalue weighted by atomic mass is 10.1. The Labute approximate surface area is 122 Å². The van der Waals surface area contributed by atoms with Crippen LogP contribution in [0.1, 0.15) is 29.3 Å². The van der Waals surface area contributed by atoms with Gasteiger partial charge in [-0.3, -0.25) is 9.59 Å². The van der Waals surface area contributed by atoms with E-state index in [9.17, 15) is 14.4 Å². The maximum atomic E-state index is 11.9. The lowest BCUT2D eigenvalue weighted by molar-refractivity contribution is -0.139. The van der Waals surface area contributed by atoms with Crippen molar-refractivity contribution in [3.05, 3.63) is 35.4 Å². The fourth-order valence-electron chi connectivity index (χ4n) is 1.63. The smallest absolute Gasteiger partial charge is 0.326 e. The van der Waals surface area contributed by atoms with Gasteiger partial charge in [0.1, 0.15) is 6.04 Å². The van der Waals surface area contributed by atoms with Crippen molar-refractivity contribution in [2.45, 2.75) is 25.9 Å². The highest BCUT2D eigenvalue weighted by Gasteiger charge is 2.19. The van der Waals surface area contributed by atoms with Gasteiger partial charge in [0.15, 0.2) is 0 Å². The van der Waals surface area contributed by atoms with Gasteiger partial charge < -0.3 is 20.8 Å². The minimum absolute atomic E-state index is 0.0539.